The molecule has 0 spiro atoms. The van der Waals surface area contributed by atoms with Crippen LogP contribution in [0.1, 0.15) is 42.9 Å². The van der Waals surface area contributed by atoms with Crippen LogP contribution in [0, 0.1) is 5.82 Å². The molecule has 1 aliphatic rings. The molecule has 0 radical (unpaired) electrons. The molecule has 1 atom stereocenters. The van der Waals surface area contributed by atoms with Crippen molar-refractivity contribution in [3.05, 3.63) is 47.8 Å². The number of alkyl halides is 3. The van der Waals surface area contributed by atoms with E-state index in [9.17, 15) is 17.6 Å². The van der Waals surface area contributed by atoms with Gasteiger partial charge in [0.25, 0.3) is 0 Å². The number of hydrogen-bond donors (Lipinski definition) is 1. The number of benzene rings is 1. The molecule has 1 aromatic rings. The highest BCUT2D eigenvalue weighted by Crippen LogP contribution is 2.36. The summed E-state index contributed by atoms with van der Waals surface area (Å²) in [7, 11) is 0. The van der Waals surface area contributed by atoms with Crippen LogP contribution in [0.2, 0.25) is 0 Å². The summed E-state index contributed by atoms with van der Waals surface area (Å²) in [5.74, 6) is -1.13. The molecular weight excluding hydrogens is 320 g/mol. The van der Waals surface area contributed by atoms with Crippen LogP contribution in [0.5, 0.6) is 0 Å². The normalized spacial score (nSPS) is 17.7. The van der Waals surface area contributed by atoms with Gasteiger partial charge in [-0.3, -0.25) is 4.90 Å². The number of nitrogens with one attached hydrogen (secondary N) is 1. The maximum Gasteiger partial charge on any atom is 0.419 e. The summed E-state index contributed by atoms with van der Waals surface area (Å²) >= 11 is 0. The number of unbranched alkanes of at least 4 members (excludes halogenated alkanes) is 2. The Labute approximate surface area is 140 Å². The van der Waals surface area contributed by atoms with Gasteiger partial charge in [0.05, 0.1) is 5.56 Å². The summed E-state index contributed by atoms with van der Waals surface area (Å²) in [6.07, 6.45) is 0.399. The monoisotopic (exact) mass is 344 g/mol. The van der Waals surface area contributed by atoms with E-state index < -0.39 is 17.6 Å². The molecule has 1 heterocycles. The van der Waals surface area contributed by atoms with Crippen LogP contribution in [0.15, 0.2) is 30.9 Å². The van der Waals surface area contributed by atoms with Gasteiger partial charge in [0, 0.05) is 37.8 Å². The highest BCUT2D eigenvalue weighted by molar-refractivity contribution is 5.30. The van der Waals surface area contributed by atoms with Crippen LogP contribution < -0.4 is 5.32 Å². The molecule has 0 saturated carbocycles. The fraction of sp³-hybridized carbons (Fsp3) is 0.556. The van der Waals surface area contributed by atoms with E-state index in [4.69, 9.17) is 0 Å². The molecule has 2 nitrogen and oxygen atoms in total. The second-order valence-electron chi connectivity index (χ2n) is 6.08. The van der Waals surface area contributed by atoms with E-state index in [1.807, 2.05) is 6.08 Å². The van der Waals surface area contributed by atoms with Gasteiger partial charge >= 0.3 is 6.18 Å². The number of piperazine rings is 1. The van der Waals surface area contributed by atoms with E-state index >= 15 is 0 Å². The van der Waals surface area contributed by atoms with Crippen molar-refractivity contribution in [1.82, 2.24) is 10.2 Å². The molecule has 0 aromatic heterocycles. The number of nitrogens with zero attached hydrogens (tertiary/aromatic N) is 1. The topological polar surface area (TPSA) is 15.3 Å². The SMILES string of the molecule is C=CCCCC[C@@H](c1cccc(C(F)(F)F)c1F)N1CCNCC1. The van der Waals surface area contributed by atoms with Crippen molar-refractivity contribution in [2.45, 2.75) is 37.9 Å². The highest BCUT2D eigenvalue weighted by Gasteiger charge is 2.36. The molecule has 1 aromatic carbocycles. The van der Waals surface area contributed by atoms with E-state index in [0.29, 0.717) is 19.5 Å². The highest BCUT2D eigenvalue weighted by atomic mass is 19.4. The summed E-state index contributed by atoms with van der Waals surface area (Å²) in [6.45, 7) is 6.63. The van der Waals surface area contributed by atoms with Gasteiger partial charge in [-0.15, -0.1) is 6.58 Å². The third-order valence-corrected chi connectivity index (χ3v) is 4.42. The third-order valence-electron chi connectivity index (χ3n) is 4.42. The van der Waals surface area contributed by atoms with Crippen molar-refractivity contribution < 1.29 is 17.6 Å². The molecule has 1 fully saturated rings. The second-order valence-corrected chi connectivity index (χ2v) is 6.08. The predicted molar refractivity (Wildman–Crippen MR) is 87.3 cm³/mol. The van der Waals surface area contributed by atoms with Crippen molar-refractivity contribution in [2.24, 2.45) is 0 Å². The lowest BCUT2D eigenvalue weighted by molar-refractivity contribution is -0.140. The van der Waals surface area contributed by atoms with Crippen molar-refractivity contribution in [3.8, 4) is 0 Å². The van der Waals surface area contributed by atoms with Gasteiger partial charge < -0.3 is 5.32 Å². The lowest BCUT2D eigenvalue weighted by Gasteiger charge is -2.35. The van der Waals surface area contributed by atoms with Gasteiger partial charge in [-0.2, -0.15) is 13.2 Å². The molecule has 2 rings (SSSR count). The fourth-order valence-electron chi connectivity index (χ4n) is 3.18. The molecule has 1 N–H and O–H groups in total. The minimum Gasteiger partial charge on any atom is -0.314 e. The Balaban J connectivity index is 2.26. The predicted octanol–water partition coefficient (Wildman–Crippen LogP) is 4.54. The molecule has 0 bridgehead atoms. The zero-order valence-electron chi connectivity index (χ0n) is 13.7. The molecule has 0 aliphatic carbocycles. The van der Waals surface area contributed by atoms with Crippen molar-refractivity contribution in [1.29, 1.82) is 0 Å². The number of hydrogen-bond acceptors (Lipinski definition) is 2. The van der Waals surface area contributed by atoms with Crippen LogP contribution in [-0.4, -0.2) is 31.1 Å². The smallest absolute Gasteiger partial charge is 0.314 e. The summed E-state index contributed by atoms with van der Waals surface area (Å²) < 4.78 is 53.6. The minimum absolute atomic E-state index is 0.158. The Morgan fingerprint density at radius 3 is 2.54 bits per heavy atom. The summed E-state index contributed by atoms with van der Waals surface area (Å²) in [5, 5.41) is 3.22. The molecule has 6 heteroatoms. The first-order chi connectivity index (χ1) is 11.4. The average molecular weight is 344 g/mol. The zero-order chi connectivity index (χ0) is 17.6. The molecule has 24 heavy (non-hydrogen) atoms. The van der Waals surface area contributed by atoms with Crippen LogP contribution in [0.3, 0.4) is 0 Å². The van der Waals surface area contributed by atoms with Gasteiger partial charge in [-0.05, 0) is 25.3 Å². The Morgan fingerprint density at radius 2 is 1.92 bits per heavy atom. The van der Waals surface area contributed by atoms with Crippen LogP contribution >= 0.6 is 0 Å². The Morgan fingerprint density at radius 1 is 1.21 bits per heavy atom. The molecule has 0 unspecified atom stereocenters. The first-order valence-corrected chi connectivity index (χ1v) is 8.36. The zero-order valence-corrected chi connectivity index (χ0v) is 13.7. The van der Waals surface area contributed by atoms with Crippen LogP contribution in [0.25, 0.3) is 0 Å². The first-order valence-electron chi connectivity index (χ1n) is 8.36. The Bertz CT molecular complexity index is 536. The number of halogens is 4. The molecule has 1 saturated heterocycles. The van der Waals surface area contributed by atoms with Gasteiger partial charge in [-0.25, -0.2) is 4.39 Å². The average Bonchev–Trinajstić information content (AvgIpc) is 2.55. The summed E-state index contributed by atoms with van der Waals surface area (Å²) in [5.41, 5.74) is -1.02. The third kappa shape index (κ3) is 4.80. The molecule has 0 amide bonds. The molecule has 134 valence electrons. The lowest BCUT2D eigenvalue weighted by Crippen LogP contribution is -2.45. The molecular formula is C18H24F4N2. The Kier molecular flexibility index (Phi) is 6.80. The van der Waals surface area contributed by atoms with Crippen LogP contribution in [0.4, 0.5) is 17.6 Å². The van der Waals surface area contributed by atoms with Gasteiger partial charge in [0.1, 0.15) is 5.82 Å². The minimum atomic E-state index is -4.67. The summed E-state index contributed by atoms with van der Waals surface area (Å²) in [4.78, 5) is 2.09. The quantitative estimate of drug-likeness (QED) is 0.444. The second kappa shape index (κ2) is 8.62. The Hall–Kier alpha value is -1.40. The largest absolute Gasteiger partial charge is 0.419 e. The van der Waals surface area contributed by atoms with Crippen molar-refractivity contribution in [3.63, 3.8) is 0 Å². The van der Waals surface area contributed by atoms with Gasteiger partial charge in [0.15, 0.2) is 0 Å². The number of allylic oxidation sites excluding steroid dienone is 1. The van der Waals surface area contributed by atoms with E-state index in [-0.39, 0.29) is 11.6 Å². The molecule has 1 aliphatic heterocycles. The van der Waals surface area contributed by atoms with E-state index in [2.05, 4.69) is 16.8 Å². The van der Waals surface area contributed by atoms with E-state index in [1.165, 1.54) is 12.1 Å². The maximum absolute atomic E-state index is 14.6. The van der Waals surface area contributed by atoms with Gasteiger partial charge in [0.2, 0.25) is 0 Å². The number of rotatable bonds is 7. The standard InChI is InChI=1S/C18H24F4N2/c1-2-3-4-5-9-16(24-12-10-23-11-13-24)14-7-6-8-15(17(14)19)18(20,21)22/h2,6-8,16,23H,1,3-5,9-13H2/t16-/m0/s1. The first kappa shape index (κ1) is 18.9. The maximum atomic E-state index is 14.6. The van der Waals surface area contributed by atoms with Crippen molar-refractivity contribution >= 4 is 0 Å². The summed E-state index contributed by atoms with van der Waals surface area (Å²) in [6, 6.07) is 3.29. The fourth-order valence-corrected chi connectivity index (χ4v) is 3.18. The lowest BCUT2D eigenvalue weighted by atomic mass is 9.95. The van der Waals surface area contributed by atoms with Crippen molar-refractivity contribution in [2.75, 3.05) is 26.2 Å². The van der Waals surface area contributed by atoms with E-state index in [1.54, 1.807) is 0 Å². The van der Waals surface area contributed by atoms with E-state index in [0.717, 1.165) is 38.4 Å². The van der Waals surface area contributed by atoms with Gasteiger partial charge in [-0.1, -0.05) is 24.6 Å². The van der Waals surface area contributed by atoms with Crippen LogP contribution in [-0.2, 0) is 6.18 Å².